The molecule has 3 aromatic carbocycles. The van der Waals surface area contributed by atoms with E-state index in [1.54, 1.807) is 0 Å². The van der Waals surface area contributed by atoms with Crippen LogP contribution in [0.25, 0.3) is 0 Å². The predicted octanol–water partition coefficient (Wildman–Crippen LogP) is 7.29. The summed E-state index contributed by atoms with van der Waals surface area (Å²) in [7, 11) is 0. The molecule has 0 aliphatic heterocycles. The topological polar surface area (TPSA) is 68.8 Å². The molecule has 216 valence electrons. The van der Waals surface area contributed by atoms with Crippen molar-refractivity contribution in [2.45, 2.75) is 78.7 Å². The third kappa shape index (κ3) is 7.38. The van der Waals surface area contributed by atoms with Crippen molar-refractivity contribution in [2.75, 3.05) is 0 Å². The lowest BCUT2D eigenvalue weighted by Crippen LogP contribution is -2.29. The maximum Gasteiger partial charge on any atom is 0.223 e. The van der Waals surface area contributed by atoms with Gasteiger partial charge in [-0.3, -0.25) is 4.79 Å². The molecule has 7 heteroatoms. The van der Waals surface area contributed by atoms with E-state index in [1.807, 2.05) is 130 Å². The minimum absolute atomic E-state index is 0.0231. The zero-order valence-electron chi connectivity index (χ0n) is 24.8. The van der Waals surface area contributed by atoms with Crippen LogP contribution in [-0.2, 0) is 41.9 Å². The number of aromatic nitrogens is 2. The van der Waals surface area contributed by atoms with E-state index in [-0.39, 0.29) is 35.5 Å². The number of ether oxygens (including phenoxy) is 1. The summed E-state index contributed by atoms with van der Waals surface area (Å²) < 4.78 is 13.9. The van der Waals surface area contributed by atoms with Gasteiger partial charge in [0, 0.05) is 34.7 Å². The zero-order valence-corrected chi connectivity index (χ0v) is 25.6. The number of phenolic OH excluding ortho intramolecular Hbond substituents is 1. The van der Waals surface area contributed by atoms with Crippen molar-refractivity contribution in [3.05, 3.63) is 118 Å². The van der Waals surface area contributed by atoms with E-state index >= 15 is 0 Å². The molecule has 1 N–H and O–H groups in total. The normalized spacial score (nSPS) is 12.6. The van der Waals surface area contributed by atoms with Gasteiger partial charge in [-0.2, -0.15) is 0 Å². The molecular weight excluding hydrogens is 534 g/mol. The number of imidazole rings is 1. The second-order valence-corrected chi connectivity index (χ2v) is 12.7. The van der Waals surface area contributed by atoms with Gasteiger partial charge in [-0.15, -0.1) is 4.51 Å². The van der Waals surface area contributed by atoms with Crippen LogP contribution in [0.4, 0.5) is 0 Å². The van der Waals surface area contributed by atoms with Crippen molar-refractivity contribution in [2.24, 2.45) is 4.51 Å². The van der Waals surface area contributed by atoms with Gasteiger partial charge in [-0.05, 0) is 34.1 Å². The number of rotatable bonds is 9. The first-order valence-corrected chi connectivity index (χ1v) is 14.2. The van der Waals surface area contributed by atoms with E-state index in [9.17, 15) is 9.90 Å². The Morgan fingerprint density at radius 1 is 0.854 bits per heavy atom. The van der Waals surface area contributed by atoms with Crippen LogP contribution < -0.4 is 5.62 Å². The second kappa shape index (κ2) is 12.5. The van der Waals surface area contributed by atoms with Gasteiger partial charge in [0.1, 0.15) is 5.75 Å². The van der Waals surface area contributed by atoms with Gasteiger partial charge in [-0.25, -0.2) is 0 Å². The molecule has 0 spiro atoms. The van der Waals surface area contributed by atoms with Crippen molar-refractivity contribution >= 4 is 17.6 Å². The number of Topliss-reactive ketones (excluding diaryl/α,β-unsaturated/α-hetero) is 1. The third-order valence-corrected chi connectivity index (χ3v) is 7.28. The number of carbonyl (C=O) groups is 1. The van der Waals surface area contributed by atoms with Crippen LogP contribution in [0.5, 0.6) is 5.75 Å². The van der Waals surface area contributed by atoms with Crippen molar-refractivity contribution in [1.29, 1.82) is 0 Å². The Bertz CT molecular complexity index is 1520. The Morgan fingerprint density at radius 3 is 1.90 bits per heavy atom. The molecule has 4 aromatic rings. The van der Waals surface area contributed by atoms with E-state index < -0.39 is 0 Å². The Kier molecular flexibility index (Phi) is 9.25. The van der Waals surface area contributed by atoms with E-state index in [0.29, 0.717) is 24.3 Å². The highest BCUT2D eigenvalue weighted by molar-refractivity contribution is 6.14. The molecule has 0 aliphatic carbocycles. The van der Waals surface area contributed by atoms with Crippen LogP contribution in [0.3, 0.4) is 0 Å². The van der Waals surface area contributed by atoms with Crippen molar-refractivity contribution < 1.29 is 14.6 Å². The minimum Gasteiger partial charge on any atom is -0.507 e. The van der Waals surface area contributed by atoms with Crippen LogP contribution >= 0.6 is 11.8 Å². The van der Waals surface area contributed by atoms with E-state index in [1.165, 1.54) is 0 Å². The van der Waals surface area contributed by atoms with Crippen molar-refractivity contribution in [3.63, 3.8) is 0 Å². The zero-order chi connectivity index (χ0) is 29.8. The highest BCUT2D eigenvalue weighted by Gasteiger charge is 2.28. The van der Waals surface area contributed by atoms with Gasteiger partial charge in [0.25, 0.3) is 0 Å². The number of hydrogen-bond donors (Lipinski definition) is 1. The molecule has 1 heterocycles. The largest absolute Gasteiger partial charge is 0.507 e. The Labute approximate surface area is 248 Å². The van der Waals surface area contributed by atoms with Crippen LogP contribution in [-0.4, -0.2) is 20.0 Å². The number of halogens is 1. The fourth-order valence-electron chi connectivity index (χ4n) is 4.89. The predicted molar refractivity (Wildman–Crippen MR) is 164 cm³/mol. The second-order valence-electron chi connectivity index (χ2n) is 12.5. The number of ketones is 1. The van der Waals surface area contributed by atoms with Gasteiger partial charge in [0.05, 0.1) is 32.0 Å². The summed E-state index contributed by atoms with van der Waals surface area (Å²) in [5.41, 5.74) is 4.74. The van der Waals surface area contributed by atoms with Crippen LogP contribution in [0, 0.1) is 0 Å². The van der Waals surface area contributed by atoms with E-state index in [2.05, 4.69) is 4.51 Å². The summed E-state index contributed by atoms with van der Waals surface area (Å²) in [4.78, 5) is 13.9. The summed E-state index contributed by atoms with van der Waals surface area (Å²) >= 11 is 6.17. The molecule has 0 bridgehead atoms. The molecule has 0 amide bonds. The number of hydrogen-bond acceptors (Lipinski definition) is 4. The highest BCUT2D eigenvalue weighted by Crippen LogP contribution is 2.40. The van der Waals surface area contributed by atoms with Gasteiger partial charge in [0.15, 0.2) is 5.78 Å². The molecule has 4 rings (SSSR count). The van der Waals surface area contributed by atoms with Gasteiger partial charge in [0.2, 0.25) is 5.62 Å². The minimum atomic E-state index is -0.348. The molecule has 6 nitrogen and oxygen atoms in total. The van der Waals surface area contributed by atoms with E-state index in [4.69, 9.17) is 16.5 Å². The Balaban J connectivity index is 1.73. The first-order chi connectivity index (χ1) is 19.4. The van der Waals surface area contributed by atoms with Crippen molar-refractivity contribution in [3.8, 4) is 5.75 Å². The summed E-state index contributed by atoms with van der Waals surface area (Å²) in [5.74, 6) is 0.143. The van der Waals surface area contributed by atoms with Crippen LogP contribution in [0.1, 0.15) is 79.8 Å². The van der Waals surface area contributed by atoms with Crippen molar-refractivity contribution in [1.82, 2.24) is 9.13 Å². The number of phenols is 1. The Hall–Kier alpha value is -3.61. The molecule has 0 atom stereocenters. The smallest absolute Gasteiger partial charge is 0.223 e. The average Bonchev–Trinajstić information content (AvgIpc) is 3.23. The molecule has 0 saturated heterocycles. The van der Waals surface area contributed by atoms with Gasteiger partial charge < -0.3 is 19.0 Å². The van der Waals surface area contributed by atoms with Gasteiger partial charge in [-0.1, -0.05) is 102 Å². The monoisotopic (exact) mass is 573 g/mol. The molecule has 0 saturated carbocycles. The summed E-state index contributed by atoms with van der Waals surface area (Å²) in [6.45, 7) is 13.5. The SMILES string of the molecule is CC(C)(C)c1cc(C(=O)Cn2c(COCc3ccccc3)cn(Cc3ccccc3)c2=NCl)cc(C(C)(C)C)c1O. The molecule has 0 unspecified atom stereocenters. The van der Waals surface area contributed by atoms with Crippen LogP contribution in [0.2, 0.25) is 0 Å². The fourth-order valence-corrected chi connectivity index (χ4v) is 5.08. The molecular formula is C34H40ClN3O3. The van der Waals surface area contributed by atoms with Crippen LogP contribution in [0.15, 0.2) is 83.5 Å². The lowest BCUT2D eigenvalue weighted by molar-refractivity contribution is 0.0935. The number of benzene rings is 3. The molecule has 0 fully saturated rings. The number of carbonyl (C=O) groups excluding carboxylic acids is 1. The molecule has 0 aliphatic rings. The summed E-state index contributed by atoms with van der Waals surface area (Å²) in [6, 6.07) is 23.6. The maximum atomic E-state index is 13.9. The molecule has 0 radical (unpaired) electrons. The summed E-state index contributed by atoms with van der Waals surface area (Å²) in [6.07, 6.45) is 1.95. The first kappa shape index (κ1) is 30.4. The lowest BCUT2D eigenvalue weighted by Gasteiger charge is -2.28. The maximum absolute atomic E-state index is 13.9. The summed E-state index contributed by atoms with van der Waals surface area (Å²) in [5, 5.41) is 11.1. The highest BCUT2D eigenvalue weighted by atomic mass is 35.5. The number of nitrogens with zero attached hydrogens (tertiary/aromatic N) is 3. The quantitative estimate of drug-likeness (QED) is 0.214. The molecule has 41 heavy (non-hydrogen) atoms. The molecule has 1 aromatic heterocycles. The third-order valence-electron chi connectivity index (χ3n) is 7.13. The number of aromatic hydroxyl groups is 1. The average molecular weight is 574 g/mol. The lowest BCUT2D eigenvalue weighted by atomic mass is 9.78. The first-order valence-electron chi connectivity index (χ1n) is 13.9. The standard InChI is InChI=1S/C34H40ClN3O3/c1-33(2,3)28-17-26(18-29(31(28)40)34(4,5)6)30(39)21-38-27(23-41-22-25-15-11-8-12-16-25)20-37(32(38)36-35)19-24-13-9-7-10-14-24/h7-18,20,40H,19,21-23H2,1-6H3. The fraction of sp³-hybridized carbons (Fsp3) is 0.353. The van der Waals surface area contributed by atoms with Gasteiger partial charge >= 0.3 is 0 Å². The Morgan fingerprint density at radius 2 is 1.39 bits per heavy atom. The van der Waals surface area contributed by atoms with E-state index in [0.717, 1.165) is 27.9 Å².